The largest absolute Gasteiger partial charge is 0.496 e. The highest BCUT2D eigenvalue weighted by Crippen LogP contribution is 2.27. The number of hydrogen-bond donors (Lipinski definition) is 0. The van der Waals surface area contributed by atoms with Crippen molar-refractivity contribution in [2.75, 3.05) is 13.7 Å². The Balaban J connectivity index is 2.07. The van der Waals surface area contributed by atoms with Crippen LogP contribution in [0.15, 0.2) is 24.3 Å². The second-order valence-corrected chi connectivity index (χ2v) is 6.49. The Hall–Kier alpha value is -1.71. The van der Waals surface area contributed by atoms with Gasteiger partial charge in [-0.05, 0) is 51.7 Å². The van der Waals surface area contributed by atoms with Gasteiger partial charge in [-0.25, -0.2) is 4.79 Å². The minimum absolute atomic E-state index is 0.191. The van der Waals surface area contributed by atoms with Crippen molar-refractivity contribution in [2.45, 2.75) is 51.7 Å². The van der Waals surface area contributed by atoms with E-state index in [9.17, 15) is 4.79 Å². The summed E-state index contributed by atoms with van der Waals surface area (Å²) in [5.41, 5.74) is 0.690. The van der Waals surface area contributed by atoms with E-state index in [1.165, 1.54) is 0 Å². The number of likely N-dealkylation sites (tertiary alicyclic amines) is 1. The molecule has 1 atom stereocenters. The first-order valence-corrected chi connectivity index (χ1v) is 7.52. The van der Waals surface area contributed by atoms with E-state index >= 15 is 0 Å². The third kappa shape index (κ3) is 4.13. The molecule has 0 saturated carbocycles. The zero-order valence-corrected chi connectivity index (χ0v) is 13.4. The second kappa shape index (κ2) is 6.37. The summed E-state index contributed by atoms with van der Waals surface area (Å²) in [5, 5.41) is 0. The lowest BCUT2D eigenvalue weighted by molar-refractivity contribution is 0.0226. The molecule has 0 spiro atoms. The molecule has 1 amide bonds. The molecular formula is C17H25NO3. The highest BCUT2D eigenvalue weighted by molar-refractivity contribution is 5.69. The number of amides is 1. The highest BCUT2D eigenvalue weighted by Gasteiger charge is 2.32. The Kier molecular flexibility index (Phi) is 4.76. The maximum absolute atomic E-state index is 12.3. The van der Waals surface area contributed by atoms with E-state index in [1.54, 1.807) is 7.11 Å². The van der Waals surface area contributed by atoms with Gasteiger partial charge in [-0.15, -0.1) is 0 Å². The molecule has 1 saturated heterocycles. The van der Waals surface area contributed by atoms with Crippen LogP contribution in [0.5, 0.6) is 5.75 Å². The van der Waals surface area contributed by atoms with Gasteiger partial charge in [0.2, 0.25) is 0 Å². The van der Waals surface area contributed by atoms with Crippen LogP contribution in [0.2, 0.25) is 0 Å². The van der Waals surface area contributed by atoms with E-state index < -0.39 is 5.60 Å². The van der Waals surface area contributed by atoms with Crippen LogP contribution in [-0.2, 0) is 11.2 Å². The van der Waals surface area contributed by atoms with E-state index in [2.05, 4.69) is 6.07 Å². The minimum Gasteiger partial charge on any atom is -0.496 e. The predicted octanol–water partition coefficient (Wildman–Crippen LogP) is 3.64. The number of benzene rings is 1. The molecule has 0 aromatic heterocycles. The fourth-order valence-corrected chi connectivity index (χ4v) is 2.73. The van der Waals surface area contributed by atoms with Crippen LogP contribution in [0.25, 0.3) is 0 Å². The number of para-hydroxylation sites is 1. The van der Waals surface area contributed by atoms with Crippen LogP contribution < -0.4 is 4.74 Å². The van der Waals surface area contributed by atoms with Crippen molar-refractivity contribution in [1.82, 2.24) is 4.90 Å². The Morgan fingerprint density at radius 2 is 2.05 bits per heavy atom. The summed E-state index contributed by atoms with van der Waals surface area (Å²) in [4.78, 5) is 14.1. The Labute approximate surface area is 127 Å². The average Bonchev–Trinajstić information content (AvgIpc) is 2.85. The molecule has 4 nitrogen and oxygen atoms in total. The Morgan fingerprint density at radius 3 is 2.71 bits per heavy atom. The molecule has 4 heteroatoms. The predicted molar refractivity (Wildman–Crippen MR) is 82.7 cm³/mol. The van der Waals surface area contributed by atoms with Crippen LogP contribution >= 0.6 is 0 Å². The van der Waals surface area contributed by atoms with E-state index in [-0.39, 0.29) is 12.1 Å². The van der Waals surface area contributed by atoms with Crippen molar-refractivity contribution >= 4 is 6.09 Å². The van der Waals surface area contributed by atoms with Gasteiger partial charge in [0.25, 0.3) is 0 Å². The third-order valence-electron chi connectivity index (χ3n) is 3.65. The fraction of sp³-hybridized carbons (Fsp3) is 0.588. The standard InChI is InChI=1S/C17H25NO3/c1-17(2,3)21-16(19)18-11-7-9-14(18)12-13-8-5-6-10-15(13)20-4/h5-6,8,10,14H,7,9,11-12H2,1-4H3. The number of carbonyl (C=O) groups excluding carboxylic acids is 1. The molecule has 1 unspecified atom stereocenters. The van der Waals surface area contributed by atoms with Crippen LogP contribution in [0.1, 0.15) is 39.2 Å². The van der Waals surface area contributed by atoms with Crippen molar-refractivity contribution in [3.63, 3.8) is 0 Å². The zero-order chi connectivity index (χ0) is 15.5. The molecule has 21 heavy (non-hydrogen) atoms. The van der Waals surface area contributed by atoms with Crippen LogP contribution in [0.4, 0.5) is 4.79 Å². The van der Waals surface area contributed by atoms with E-state index in [0.29, 0.717) is 0 Å². The number of nitrogens with zero attached hydrogens (tertiary/aromatic N) is 1. The molecule has 0 bridgehead atoms. The molecular weight excluding hydrogens is 266 g/mol. The topological polar surface area (TPSA) is 38.8 Å². The molecule has 1 fully saturated rings. The summed E-state index contributed by atoms with van der Waals surface area (Å²) in [6.07, 6.45) is 2.64. The van der Waals surface area contributed by atoms with Crippen molar-refractivity contribution in [1.29, 1.82) is 0 Å². The molecule has 1 heterocycles. The maximum Gasteiger partial charge on any atom is 0.410 e. The number of hydrogen-bond acceptors (Lipinski definition) is 3. The van der Waals surface area contributed by atoms with Gasteiger partial charge in [-0.3, -0.25) is 0 Å². The number of carbonyl (C=O) groups is 1. The van der Waals surface area contributed by atoms with Gasteiger partial charge >= 0.3 is 6.09 Å². The molecule has 0 N–H and O–H groups in total. The summed E-state index contributed by atoms with van der Waals surface area (Å²) in [6.45, 7) is 6.47. The summed E-state index contributed by atoms with van der Waals surface area (Å²) < 4.78 is 10.9. The van der Waals surface area contributed by atoms with Gasteiger partial charge in [0.15, 0.2) is 0 Å². The van der Waals surface area contributed by atoms with Gasteiger partial charge in [0, 0.05) is 12.6 Å². The summed E-state index contributed by atoms with van der Waals surface area (Å²) in [6, 6.07) is 8.18. The SMILES string of the molecule is COc1ccccc1CC1CCCN1C(=O)OC(C)(C)C. The van der Waals surface area contributed by atoms with Gasteiger partial charge in [-0.2, -0.15) is 0 Å². The molecule has 0 radical (unpaired) electrons. The van der Waals surface area contributed by atoms with Gasteiger partial charge in [-0.1, -0.05) is 18.2 Å². The smallest absolute Gasteiger partial charge is 0.410 e. The van der Waals surface area contributed by atoms with Gasteiger partial charge in [0.1, 0.15) is 11.4 Å². The minimum atomic E-state index is -0.450. The van der Waals surface area contributed by atoms with Gasteiger partial charge < -0.3 is 14.4 Å². The lowest BCUT2D eigenvalue weighted by Gasteiger charge is -2.29. The van der Waals surface area contributed by atoms with E-state index in [1.807, 2.05) is 43.9 Å². The first-order valence-electron chi connectivity index (χ1n) is 7.52. The molecule has 0 aliphatic carbocycles. The van der Waals surface area contributed by atoms with Crippen molar-refractivity contribution in [2.24, 2.45) is 0 Å². The first kappa shape index (κ1) is 15.7. The number of ether oxygens (including phenoxy) is 2. The van der Waals surface area contributed by atoms with Crippen molar-refractivity contribution < 1.29 is 14.3 Å². The molecule has 1 aliphatic heterocycles. The van der Waals surface area contributed by atoms with Crippen LogP contribution in [0.3, 0.4) is 0 Å². The molecule has 1 aromatic carbocycles. The first-order chi connectivity index (χ1) is 9.90. The lowest BCUT2D eigenvalue weighted by atomic mass is 10.0. The number of rotatable bonds is 3. The fourth-order valence-electron chi connectivity index (χ4n) is 2.73. The van der Waals surface area contributed by atoms with Crippen molar-refractivity contribution in [3.05, 3.63) is 29.8 Å². The molecule has 2 rings (SSSR count). The quantitative estimate of drug-likeness (QED) is 0.853. The van der Waals surface area contributed by atoms with E-state index in [4.69, 9.17) is 9.47 Å². The second-order valence-electron chi connectivity index (χ2n) is 6.49. The third-order valence-corrected chi connectivity index (χ3v) is 3.65. The Morgan fingerprint density at radius 1 is 1.33 bits per heavy atom. The zero-order valence-electron chi connectivity index (χ0n) is 13.4. The summed E-state index contributed by atoms with van der Waals surface area (Å²) in [5.74, 6) is 0.883. The Bertz CT molecular complexity index is 493. The lowest BCUT2D eigenvalue weighted by Crippen LogP contribution is -2.40. The average molecular weight is 291 g/mol. The molecule has 116 valence electrons. The summed E-state index contributed by atoms with van der Waals surface area (Å²) >= 11 is 0. The summed E-state index contributed by atoms with van der Waals surface area (Å²) in [7, 11) is 1.68. The molecule has 1 aromatic rings. The van der Waals surface area contributed by atoms with Gasteiger partial charge in [0.05, 0.1) is 7.11 Å². The number of methoxy groups -OCH3 is 1. The monoisotopic (exact) mass is 291 g/mol. The maximum atomic E-state index is 12.3. The molecule has 1 aliphatic rings. The van der Waals surface area contributed by atoms with Crippen molar-refractivity contribution in [3.8, 4) is 5.75 Å². The van der Waals surface area contributed by atoms with Crippen LogP contribution in [0, 0.1) is 0 Å². The highest BCUT2D eigenvalue weighted by atomic mass is 16.6. The van der Waals surface area contributed by atoms with Crippen LogP contribution in [-0.4, -0.2) is 36.3 Å². The normalized spacial score (nSPS) is 18.7. The van der Waals surface area contributed by atoms with E-state index in [0.717, 1.165) is 37.1 Å².